The lowest BCUT2D eigenvalue weighted by molar-refractivity contribution is -0.120. The summed E-state index contributed by atoms with van der Waals surface area (Å²) in [4.78, 5) is 19.7. The molecule has 1 N–H and O–H groups in total. The van der Waals surface area contributed by atoms with Crippen molar-refractivity contribution in [1.82, 2.24) is 4.98 Å². The van der Waals surface area contributed by atoms with Crippen molar-refractivity contribution in [3.8, 4) is 5.75 Å². The van der Waals surface area contributed by atoms with Crippen LogP contribution in [0.25, 0.3) is 10.2 Å². The van der Waals surface area contributed by atoms with Crippen molar-refractivity contribution in [2.24, 2.45) is 5.92 Å². The lowest BCUT2D eigenvalue weighted by Crippen LogP contribution is -2.38. The minimum Gasteiger partial charge on any atom is -0.497 e. The van der Waals surface area contributed by atoms with Crippen LogP contribution in [0.3, 0.4) is 0 Å². The van der Waals surface area contributed by atoms with E-state index >= 15 is 0 Å². The topological polar surface area (TPSA) is 54.5 Å². The van der Waals surface area contributed by atoms with Gasteiger partial charge in [-0.25, -0.2) is 4.98 Å². The molecule has 2 aromatic carbocycles. The van der Waals surface area contributed by atoms with E-state index in [0.29, 0.717) is 5.02 Å². The number of hydrogen-bond donors (Lipinski definition) is 1. The average Bonchev–Trinajstić information content (AvgIpc) is 3.14. The van der Waals surface area contributed by atoms with E-state index in [4.69, 9.17) is 21.3 Å². The number of halogens is 1. The Hall–Kier alpha value is -2.31. The third kappa shape index (κ3) is 3.80. The maximum atomic E-state index is 12.7. The zero-order valence-electron chi connectivity index (χ0n) is 15.9. The van der Waals surface area contributed by atoms with Gasteiger partial charge < -0.3 is 15.0 Å². The summed E-state index contributed by atoms with van der Waals surface area (Å²) in [6.07, 6.45) is 1.62. The highest BCUT2D eigenvalue weighted by molar-refractivity contribution is 7.22. The Labute approximate surface area is 173 Å². The second kappa shape index (κ2) is 7.97. The van der Waals surface area contributed by atoms with Crippen molar-refractivity contribution >= 4 is 49.9 Å². The van der Waals surface area contributed by atoms with E-state index in [1.54, 1.807) is 18.4 Å². The highest BCUT2D eigenvalue weighted by Gasteiger charge is 2.27. The number of piperidine rings is 1. The Morgan fingerprint density at radius 1 is 1.29 bits per heavy atom. The number of amides is 1. The molecule has 4 rings (SSSR count). The summed E-state index contributed by atoms with van der Waals surface area (Å²) in [6, 6.07) is 11.5. The molecule has 0 bridgehead atoms. The molecule has 1 fully saturated rings. The first-order chi connectivity index (χ1) is 13.5. The van der Waals surface area contributed by atoms with Crippen LogP contribution in [-0.4, -0.2) is 31.1 Å². The first-order valence-corrected chi connectivity index (χ1v) is 10.5. The molecule has 28 heavy (non-hydrogen) atoms. The van der Waals surface area contributed by atoms with Crippen LogP contribution in [0.4, 0.5) is 10.8 Å². The van der Waals surface area contributed by atoms with Crippen LogP contribution in [0.1, 0.15) is 18.4 Å². The molecule has 0 atom stereocenters. The second-order valence-corrected chi connectivity index (χ2v) is 8.41. The summed E-state index contributed by atoms with van der Waals surface area (Å²) in [6.45, 7) is 3.57. The van der Waals surface area contributed by atoms with E-state index < -0.39 is 0 Å². The van der Waals surface area contributed by atoms with Gasteiger partial charge in [0.25, 0.3) is 0 Å². The van der Waals surface area contributed by atoms with Crippen LogP contribution in [0.5, 0.6) is 5.75 Å². The summed E-state index contributed by atoms with van der Waals surface area (Å²) in [5, 5.41) is 4.71. The van der Waals surface area contributed by atoms with Gasteiger partial charge in [-0.2, -0.15) is 0 Å². The van der Waals surface area contributed by atoms with Gasteiger partial charge in [0, 0.05) is 29.7 Å². The quantitative estimate of drug-likeness (QED) is 0.642. The van der Waals surface area contributed by atoms with Gasteiger partial charge in [-0.05, 0) is 55.7 Å². The molecular weight excluding hydrogens is 394 g/mol. The maximum Gasteiger partial charge on any atom is 0.227 e. The number of ether oxygens (including phenoxy) is 1. The van der Waals surface area contributed by atoms with Crippen molar-refractivity contribution < 1.29 is 9.53 Å². The number of carbonyl (C=O) groups is 1. The number of aromatic nitrogens is 1. The fraction of sp³-hybridized carbons (Fsp3) is 0.333. The number of benzene rings is 2. The van der Waals surface area contributed by atoms with Gasteiger partial charge in [0.05, 0.1) is 17.3 Å². The predicted octanol–water partition coefficient (Wildman–Crippen LogP) is 5.12. The highest BCUT2D eigenvalue weighted by atomic mass is 35.5. The molecule has 5 nitrogen and oxygen atoms in total. The molecule has 2 heterocycles. The summed E-state index contributed by atoms with van der Waals surface area (Å²) < 4.78 is 6.41. The van der Waals surface area contributed by atoms with Gasteiger partial charge in [0.2, 0.25) is 5.91 Å². The third-order valence-electron chi connectivity index (χ3n) is 5.25. The molecule has 1 aliphatic heterocycles. The second-order valence-electron chi connectivity index (χ2n) is 6.99. The molecule has 7 heteroatoms. The van der Waals surface area contributed by atoms with E-state index in [9.17, 15) is 4.79 Å². The summed E-state index contributed by atoms with van der Waals surface area (Å²) in [5.41, 5.74) is 2.68. The lowest BCUT2D eigenvalue weighted by atomic mass is 9.96. The summed E-state index contributed by atoms with van der Waals surface area (Å²) >= 11 is 7.82. The summed E-state index contributed by atoms with van der Waals surface area (Å²) in [5.74, 6) is 0.914. The van der Waals surface area contributed by atoms with E-state index in [1.165, 1.54) is 0 Å². The number of nitrogens with one attached hydrogen (secondary N) is 1. The minimum absolute atomic E-state index is 0.00380. The molecule has 1 aromatic heterocycles. The van der Waals surface area contributed by atoms with Crippen molar-refractivity contribution in [2.75, 3.05) is 30.4 Å². The molecule has 0 spiro atoms. The first kappa shape index (κ1) is 19.0. The van der Waals surface area contributed by atoms with E-state index in [0.717, 1.165) is 58.3 Å². The molecule has 3 aromatic rings. The number of anilines is 2. The van der Waals surface area contributed by atoms with Gasteiger partial charge in [0.15, 0.2) is 5.13 Å². The van der Waals surface area contributed by atoms with Gasteiger partial charge >= 0.3 is 0 Å². The standard InChI is InChI=1S/C21H22ClN3O2S/c1-13-16(22)4-3-5-17(13)23-20(26)14-8-10-25(11-9-14)21-24-18-7-6-15(27-2)12-19(18)28-21/h3-7,12,14H,8-11H2,1-2H3,(H,23,26). The average molecular weight is 416 g/mol. The van der Waals surface area contributed by atoms with Crippen LogP contribution in [0, 0.1) is 12.8 Å². The number of hydrogen-bond acceptors (Lipinski definition) is 5. The number of nitrogens with zero attached hydrogens (tertiary/aromatic N) is 2. The summed E-state index contributed by atoms with van der Waals surface area (Å²) in [7, 11) is 1.67. The molecule has 0 unspecified atom stereocenters. The Bertz CT molecular complexity index is 1010. The van der Waals surface area contributed by atoms with Gasteiger partial charge in [-0.15, -0.1) is 0 Å². The zero-order chi connectivity index (χ0) is 19.7. The van der Waals surface area contributed by atoms with Crippen LogP contribution in [-0.2, 0) is 4.79 Å². The SMILES string of the molecule is COc1ccc2nc(N3CCC(C(=O)Nc4cccc(Cl)c4C)CC3)sc2c1. The predicted molar refractivity (Wildman–Crippen MR) is 116 cm³/mol. The Kier molecular flexibility index (Phi) is 5.42. The number of fused-ring (bicyclic) bond motifs is 1. The number of thiazole rings is 1. The number of rotatable bonds is 4. The van der Waals surface area contributed by atoms with Crippen LogP contribution < -0.4 is 15.0 Å². The van der Waals surface area contributed by atoms with E-state index in [-0.39, 0.29) is 11.8 Å². The van der Waals surface area contributed by atoms with Gasteiger partial charge in [0.1, 0.15) is 5.75 Å². The molecule has 146 valence electrons. The lowest BCUT2D eigenvalue weighted by Gasteiger charge is -2.31. The molecule has 0 saturated carbocycles. The van der Waals surface area contributed by atoms with Gasteiger partial charge in [-0.3, -0.25) is 4.79 Å². The molecule has 1 saturated heterocycles. The fourth-order valence-corrected chi connectivity index (χ4v) is 4.69. The Morgan fingerprint density at radius 2 is 2.07 bits per heavy atom. The fourth-order valence-electron chi connectivity index (χ4n) is 3.47. The van der Waals surface area contributed by atoms with Crippen molar-refractivity contribution in [2.45, 2.75) is 19.8 Å². The molecule has 0 aliphatic carbocycles. The molecule has 1 aliphatic rings. The van der Waals surface area contributed by atoms with Crippen molar-refractivity contribution in [3.63, 3.8) is 0 Å². The molecule has 1 amide bonds. The van der Waals surface area contributed by atoms with E-state index in [2.05, 4.69) is 10.2 Å². The third-order valence-corrected chi connectivity index (χ3v) is 6.73. The number of carbonyl (C=O) groups excluding carboxylic acids is 1. The van der Waals surface area contributed by atoms with Crippen LogP contribution >= 0.6 is 22.9 Å². The minimum atomic E-state index is 0.00380. The maximum absolute atomic E-state index is 12.7. The molecular formula is C21H22ClN3O2S. The van der Waals surface area contributed by atoms with Crippen molar-refractivity contribution in [3.05, 3.63) is 47.0 Å². The Morgan fingerprint density at radius 3 is 2.82 bits per heavy atom. The zero-order valence-corrected chi connectivity index (χ0v) is 17.4. The van der Waals surface area contributed by atoms with Crippen molar-refractivity contribution in [1.29, 1.82) is 0 Å². The van der Waals surface area contributed by atoms with E-state index in [1.807, 2.05) is 43.3 Å². The van der Waals surface area contributed by atoms with Gasteiger partial charge in [-0.1, -0.05) is 29.0 Å². The largest absolute Gasteiger partial charge is 0.497 e. The molecule has 0 radical (unpaired) electrons. The Balaban J connectivity index is 1.40. The van der Waals surface area contributed by atoms with Crippen LogP contribution in [0.2, 0.25) is 5.02 Å². The first-order valence-electron chi connectivity index (χ1n) is 9.30. The highest BCUT2D eigenvalue weighted by Crippen LogP contribution is 2.33. The monoisotopic (exact) mass is 415 g/mol. The smallest absolute Gasteiger partial charge is 0.227 e. The number of methoxy groups -OCH3 is 1. The normalized spacial score (nSPS) is 15.0. The van der Waals surface area contributed by atoms with Crippen LogP contribution in [0.15, 0.2) is 36.4 Å².